The molecule has 1 amide bonds. The Hall–Kier alpha value is -3.18. The number of nitrogens with one attached hydrogen (secondary N) is 1. The molecule has 0 fully saturated rings. The molecule has 11 heteroatoms. The van der Waals surface area contributed by atoms with Gasteiger partial charge in [-0.3, -0.25) is 4.79 Å². The zero-order valence-corrected chi connectivity index (χ0v) is 20.0. The number of hydrogen-bond acceptors (Lipinski definition) is 7. The van der Waals surface area contributed by atoms with Crippen LogP contribution in [0.3, 0.4) is 0 Å². The molecule has 3 N–H and O–H groups in total. The van der Waals surface area contributed by atoms with Crippen LogP contribution >= 0.6 is 23.4 Å². The van der Waals surface area contributed by atoms with E-state index in [9.17, 15) is 13.2 Å². The fourth-order valence-corrected chi connectivity index (χ4v) is 5.42. The van der Waals surface area contributed by atoms with Crippen molar-refractivity contribution in [3.63, 3.8) is 0 Å². The Kier molecular flexibility index (Phi) is 7.32. The number of rotatable bonds is 8. The van der Waals surface area contributed by atoms with Gasteiger partial charge >= 0.3 is 0 Å². The quantitative estimate of drug-likeness (QED) is 0.336. The molecular formula is C23H19ClN4O4S2. The van der Waals surface area contributed by atoms with E-state index in [0.29, 0.717) is 16.2 Å². The van der Waals surface area contributed by atoms with Crippen LogP contribution in [0.15, 0.2) is 87.0 Å². The van der Waals surface area contributed by atoms with Crippen molar-refractivity contribution >= 4 is 39.3 Å². The second kappa shape index (κ2) is 10.4. The second-order valence-electron chi connectivity index (χ2n) is 7.15. The van der Waals surface area contributed by atoms with E-state index in [0.717, 1.165) is 5.56 Å². The molecule has 0 spiro atoms. The summed E-state index contributed by atoms with van der Waals surface area (Å²) in [6.07, 6.45) is 0. The highest BCUT2D eigenvalue weighted by atomic mass is 35.5. The van der Waals surface area contributed by atoms with Crippen molar-refractivity contribution in [2.24, 2.45) is 5.14 Å². The highest BCUT2D eigenvalue weighted by Gasteiger charge is 2.21. The fraction of sp³-hybridized carbons (Fsp3) is 0.0870. The Morgan fingerprint density at radius 2 is 1.71 bits per heavy atom. The van der Waals surface area contributed by atoms with E-state index in [4.69, 9.17) is 21.2 Å². The standard InChI is InChI=1S/C23H19ClN4O4S2/c24-18-12-19(33-14-15-7-3-1-4-8-15)20(34(25,30)31)11-17(18)23-28-27-21(32-23)13-26-22(29)16-9-5-2-6-10-16/h1-12H,13-14H2,(H,26,29)(H2,25,30,31). The van der Waals surface area contributed by atoms with Gasteiger partial charge in [0.05, 0.1) is 22.0 Å². The van der Waals surface area contributed by atoms with Crippen molar-refractivity contribution in [1.82, 2.24) is 15.5 Å². The number of thioether (sulfide) groups is 1. The maximum atomic E-state index is 12.3. The second-order valence-corrected chi connectivity index (χ2v) is 10.1. The predicted octanol–water partition coefficient (Wildman–Crippen LogP) is 4.26. The van der Waals surface area contributed by atoms with E-state index in [1.165, 1.54) is 23.9 Å². The highest BCUT2D eigenvalue weighted by Crippen LogP contribution is 2.37. The third-order valence-corrected chi connectivity index (χ3v) is 7.23. The van der Waals surface area contributed by atoms with Crippen molar-refractivity contribution in [1.29, 1.82) is 0 Å². The molecule has 0 aliphatic carbocycles. The van der Waals surface area contributed by atoms with Crippen LogP contribution in [0, 0.1) is 0 Å². The lowest BCUT2D eigenvalue weighted by atomic mass is 10.2. The molecule has 1 aromatic heterocycles. The summed E-state index contributed by atoms with van der Waals surface area (Å²) in [5, 5.41) is 16.2. The number of nitrogens with zero attached hydrogens (tertiary/aromatic N) is 2. The molecule has 34 heavy (non-hydrogen) atoms. The minimum absolute atomic E-state index is 0.00853. The third-order valence-electron chi connectivity index (χ3n) is 4.71. The number of benzene rings is 3. The number of halogens is 1. The van der Waals surface area contributed by atoms with Gasteiger partial charge in [-0.2, -0.15) is 0 Å². The minimum Gasteiger partial charge on any atom is -0.419 e. The Morgan fingerprint density at radius 1 is 1.03 bits per heavy atom. The van der Waals surface area contributed by atoms with E-state index in [-0.39, 0.29) is 39.7 Å². The predicted molar refractivity (Wildman–Crippen MR) is 130 cm³/mol. The molecule has 0 radical (unpaired) electrons. The molecule has 0 aliphatic rings. The summed E-state index contributed by atoms with van der Waals surface area (Å²) >= 11 is 7.74. The first-order valence-electron chi connectivity index (χ1n) is 10.0. The van der Waals surface area contributed by atoms with Crippen molar-refractivity contribution in [3.8, 4) is 11.5 Å². The molecule has 3 aromatic carbocycles. The molecule has 0 saturated heterocycles. The van der Waals surface area contributed by atoms with Gasteiger partial charge in [-0.15, -0.1) is 22.0 Å². The van der Waals surface area contributed by atoms with E-state index in [2.05, 4.69) is 15.5 Å². The molecule has 4 rings (SSSR count). The number of carbonyl (C=O) groups is 1. The van der Waals surface area contributed by atoms with E-state index >= 15 is 0 Å². The van der Waals surface area contributed by atoms with Crippen LogP contribution < -0.4 is 10.5 Å². The average molecular weight is 515 g/mol. The summed E-state index contributed by atoms with van der Waals surface area (Å²) in [6.45, 7) is -0.00853. The molecule has 0 unspecified atom stereocenters. The lowest BCUT2D eigenvalue weighted by molar-refractivity contribution is 0.0947. The average Bonchev–Trinajstić information content (AvgIpc) is 3.30. The van der Waals surface area contributed by atoms with Crippen LogP contribution in [0.1, 0.15) is 21.8 Å². The topological polar surface area (TPSA) is 128 Å². The molecule has 174 valence electrons. The van der Waals surface area contributed by atoms with Gasteiger partial charge < -0.3 is 9.73 Å². The van der Waals surface area contributed by atoms with Crippen LogP contribution in [0.5, 0.6) is 0 Å². The first-order chi connectivity index (χ1) is 16.3. The number of primary sulfonamides is 1. The lowest BCUT2D eigenvalue weighted by Gasteiger charge is -2.11. The van der Waals surface area contributed by atoms with Crippen LogP contribution in [0.2, 0.25) is 5.02 Å². The first kappa shape index (κ1) is 24.0. The molecule has 0 bridgehead atoms. The maximum absolute atomic E-state index is 12.3. The summed E-state index contributed by atoms with van der Waals surface area (Å²) in [6, 6.07) is 21.1. The molecule has 0 atom stereocenters. The number of aromatic nitrogens is 2. The van der Waals surface area contributed by atoms with Crippen molar-refractivity contribution in [2.45, 2.75) is 22.1 Å². The smallest absolute Gasteiger partial charge is 0.251 e. The number of nitrogens with two attached hydrogens (primary N) is 1. The Morgan fingerprint density at radius 3 is 2.38 bits per heavy atom. The van der Waals surface area contributed by atoms with Crippen molar-refractivity contribution < 1.29 is 17.6 Å². The van der Waals surface area contributed by atoms with Crippen molar-refractivity contribution in [3.05, 3.63) is 94.8 Å². The number of carbonyl (C=O) groups excluding carboxylic acids is 1. The minimum atomic E-state index is -4.06. The van der Waals surface area contributed by atoms with Gasteiger partial charge in [0.15, 0.2) is 0 Å². The number of amides is 1. The summed E-state index contributed by atoms with van der Waals surface area (Å²) < 4.78 is 30.2. The Balaban J connectivity index is 1.55. The van der Waals surface area contributed by atoms with Crippen LogP contribution in [-0.2, 0) is 22.3 Å². The van der Waals surface area contributed by atoms with Gasteiger partial charge in [0.1, 0.15) is 0 Å². The summed E-state index contributed by atoms with van der Waals surface area (Å²) in [5.74, 6) is 0.383. The van der Waals surface area contributed by atoms with Crippen LogP contribution in [0.4, 0.5) is 0 Å². The molecule has 4 aromatic rings. The van der Waals surface area contributed by atoms with Gasteiger partial charge in [-0.05, 0) is 29.8 Å². The fourth-order valence-electron chi connectivity index (χ4n) is 3.05. The summed E-state index contributed by atoms with van der Waals surface area (Å²) in [5.41, 5.74) is 1.74. The SMILES string of the molecule is NS(=O)(=O)c1cc(-c2nnc(CNC(=O)c3ccccc3)o2)c(Cl)cc1SCc1ccccc1. The first-order valence-corrected chi connectivity index (χ1v) is 12.9. The monoisotopic (exact) mass is 514 g/mol. The van der Waals surface area contributed by atoms with Gasteiger partial charge in [0.2, 0.25) is 21.8 Å². The van der Waals surface area contributed by atoms with Gasteiger partial charge in [-0.1, -0.05) is 60.1 Å². The highest BCUT2D eigenvalue weighted by molar-refractivity contribution is 7.99. The number of sulfonamides is 1. The largest absolute Gasteiger partial charge is 0.419 e. The van der Waals surface area contributed by atoms with Crippen molar-refractivity contribution in [2.75, 3.05) is 0 Å². The van der Waals surface area contributed by atoms with Gasteiger partial charge in [-0.25, -0.2) is 13.6 Å². The summed E-state index contributed by atoms with van der Waals surface area (Å²) in [7, 11) is -4.06. The zero-order chi connectivity index (χ0) is 24.1. The molecule has 0 saturated carbocycles. The van der Waals surface area contributed by atoms with E-state index in [1.54, 1.807) is 24.3 Å². The van der Waals surface area contributed by atoms with Crippen LogP contribution in [-0.4, -0.2) is 24.5 Å². The van der Waals surface area contributed by atoms with Gasteiger partial charge in [0.25, 0.3) is 5.91 Å². The van der Waals surface area contributed by atoms with E-state index < -0.39 is 10.0 Å². The molecule has 0 aliphatic heterocycles. The third kappa shape index (κ3) is 5.84. The number of hydrogen-bond donors (Lipinski definition) is 2. The molecular weight excluding hydrogens is 496 g/mol. The maximum Gasteiger partial charge on any atom is 0.251 e. The van der Waals surface area contributed by atoms with Crippen LogP contribution in [0.25, 0.3) is 11.5 Å². The summed E-state index contributed by atoms with van der Waals surface area (Å²) in [4.78, 5) is 12.5. The van der Waals surface area contributed by atoms with E-state index in [1.807, 2.05) is 36.4 Å². The Bertz CT molecular complexity index is 1410. The van der Waals surface area contributed by atoms with Gasteiger partial charge in [0, 0.05) is 16.2 Å². The molecule has 8 nitrogen and oxygen atoms in total. The Labute approximate surface area is 205 Å². The lowest BCUT2D eigenvalue weighted by Crippen LogP contribution is -2.22. The molecule has 1 heterocycles. The normalized spacial score (nSPS) is 11.4. The zero-order valence-electron chi connectivity index (χ0n) is 17.6.